The largest absolute Gasteiger partial charge is 0.395 e. The molecule has 124 valence electrons. The zero-order chi connectivity index (χ0) is 16.5. The molecule has 1 aliphatic rings. The predicted octanol–water partition coefficient (Wildman–Crippen LogP) is 3.95. The van der Waals surface area contributed by atoms with E-state index in [2.05, 4.69) is 40.4 Å². The number of hydrogen-bond acceptors (Lipinski definition) is 5. The van der Waals surface area contributed by atoms with Gasteiger partial charge >= 0.3 is 0 Å². The lowest BCUT2D eigenvalue weighted by molar-refractivity contribution is 0.311. The van der Waals surface area contributed by atoms with Crippen LogP contribution in [0.25, 0.3) is 21.3 Å². The molecule has 0 amide bonds. The van der Waals surface area contributed by atoms with Crippen LogP contribution < -0.4 is 5.32 Å². The van der Waals surface area contributed by atoms with Gasteiger partial charge in [-0.15, -0.1) is 11.3 Å². The zero-order valence-corrected chi connectivity index (χ0v) is 14.6. The first-order valence-corrected chi connectivity index (χ1v) is 9.30. The molecular formula is C19H21N3OS. The van der Waals surface area contributed by atoms with Gasteiger partial charge in [-0.05, 0) is 49.3 Å². The van der Waals surface area contributed by atoms with Gasteiger partial charge in [-0.2, -0.15) is 0 Å². The molecule has 0 aliphatic heterocycles. The quantitative estimate of drug-likeness (QED) is 0.756. The average molecular weight is 339 g/mol. The number of fused-ring (bicyclic) bond motifs is 2. The molecule has 0 radical (unpaired) electrons. The van der Waals surface area contributed by atoms with Gasteiger partial charge in [0.25, 0.3) is 0 Å². The topological polar surface area (TPSA) is 58.0 Å². The first-order chi connectivity index (χ1) is 11.8. The summed E-state index contributed by atoms with van der Waals surface area (Å²) in [4.78, 5) is 11.1. The van der Waals surface area contributed by atoms with Crippen LogP contribution in [-0.2, 0) is 12.8 Å². The van der Waals surface area contributed by atoms with Crippen molar-refractivity contribution >= 4 is 27.4 Å². The molecule has 0 atom stereocenters. The van der Waals surface area contributed by atoms with E-state index >= 15 is 0 Å². The van der Waals surface area contributed by atoms with Crippen molar-refractivity contribution in [3.8, 4) is 11.1 Å². The van der Waals surface area contributed by atoms with Gasteiger partial charge in [0.05, 0.1) is 12.0 Å². The molecule has 4 nitrogen and oxygen atoms in total. The van der Waals surface area contributed by atoms with E-state index in [0.717, 1.165) is 16.0 Å². The molecule has 0 bridgehead atoms. The van der Waals surface area contributed by atoms with Gasteiger partial charge in [0.2, 0.25) is 0 Å². The summed E-state index contributed by atoms with van der Waals surface area (Å²) in [6.07, 6.45) is 6.55. The number of rotatable bonds is 4. The Morgan fingerprint density at radius 1 is 1.17 bits per heavy atom. The SMILES string of the molecule is Cc1sc2ncnc(NCCO)c2c1-c1ccc2c(c1)CCCC2. The van der Waals surface area contributed by atoms with Crippen LogP contribution in [-0.4, -0.2) is 28.2 Å². The summed E-state index contributed by atoms with van der Waals surface area (Å²) in [5.74, 6) is 0.811. The minimum absolute atomic E-state index is 0.0861. The van der Waals surface area contributed by atoms with Crippen molar-refractivity contribution in [1.29, 1.82) is 0 Å². The van der Waals surface area contributed by atoms with Gasteiger partial charge in [-0.3, -0.25) is 0 Å². The van der Waals surface area contributed by atoms with E-state index in [-0.39, 0.29) is 6.61 Å². The highest BCUT2D eigenvalue weighted by Gasteiger charge is 2.18. The van der Waals surface area contributed by atoms with Gasteiger partial charge in [-0.1, -0.05) is 18.2 Å². The Morgan fingerprint density at radius 3 is 2.83 bits per heavy atom. The van der Waals surface area contributed by atoms with Crippen LogP contribution in [0.4, 0.5) is 5.82 Å². The van der Waals surface area contributed by atoms with Crippen molar-refractivity contribution < 1.29 is 5.11 Å². The normalized spacial score (nSPS) is 13.9. The number of aliphatic hydroxyl groups excluding tert-OH is 1. The maximum atomic E-state index is 9.12. The number of nitrogens with zero attached hydrogens (tertiary/aromatic N) is 2. The molecule has 2 N–H and O–H groups in total. The summed E-state index contributed by atoms with van der Waals surface area (Å²) in [7, 11) is 0. The number of hydrogen-bond donors (Lipinski definition) is 2. The highest BCUT2D eigenvalue weighted by molar-refractivity contribution is 7.19. The lowest BCUT2D eigenvalue weighted by Crippen LogP contribution is -2.07. The summed E-state index contributed by atoms with van der Waals surface area (Å²) < 4.78 is 0. The fourth-order valence-corrected chi connectivity index (χ4v) is 4.60. The molecule has 5 heteroatoms. The molecule has 0 fully saturated rings. The van der Waals surface area contributed by atoms with Crippen LogP contribution in [0.2, 0.25) is 0 Å². The van der Waals surface area contributed by atoms with E-state index in [1.54, 1.807) is 17.7 Å². The minimum atomic E-state index is 0.0861. The number of anilines is 1. The molecule has 2 aromatic heterocycles. The smallest absolute Gasteiger partial charge is 0.138 e. The molecule has 2 heterocycles. The molecule has 0 unspecified atom stereocenters. The summed E-state index contributed by atoms with van der Waals surface area (Å²) in [6, 6.07) is 6.88. The molecule has 1 aliphatic carbocycles. The number of thiophene rings is 1. The van der Waals surface area contributed by atoms with E-state index < -0.39 is 0 Å². The maximum Gasteiger partial charge on any atom is 0.138 e. The van der Waals surface area contributed by atoms with E-state index in [0.29, 0.717) is 6.54 Å². The third kappa shape index (κ3) is 2.68. The molecule has 0 spiro atoms. The van der Waals surface area contributed by atoms with Gasteiger partial charge in [0.1, 0.15) is 17.0 Å². The van der Waals surface area contributed by atoms with Crippen LogP contribution >= 0.6 is 11.3 Å². The van der Waals surface area contributed by atoms with E-state index in [9.17, 15) is 0 Å². The molecule has 0 saturated heterocycles. The fourth-order valence-electron chi connectivity index (χ4n) is 3.59. The second-order valence-electron chi connectivity index (χ2n) is 6.28. The average Bonchev–Trinajstić information content (AvgIpc) is 2.96. The van der Waals surface area contributed by atoms with Crippen molar-refractivity contribution in [2.45, 2.75) is 32.6 Å². The predicted molar refractivity (Wildman–Crippen MR) is 99.8 cm³/mol. The molecule has 3 aromatic rings. The first kappa shape index (κ1) is 15.5. The Labute approximate surface area is 145 Å². The summed E-state index contributed by atoms with van der Waals surface area (Å²) in [6.45, 7) is 2.73. The second kappa shape index (κ2) is 6.49. The lowest BCUT2D eigenvalue weighted by atomic mass is 9.89. The Bertz CT molecular complexity index is 888. The monoisotopic (exact) mass is 339 g/mol. The third-order valence-corrected chi connectivity index (χ3v) is 5.72. The lowest BCUT2D eigenvalue weighted by Gasteiger charge is -2.17. The summed E-state index contributed by atoms with van der Waals surface area (Å²) in [5, 5.41) is 13.4. The van der Waals surface area contributed by atoms with Crippen molar-refractivity contribution in [3.63, 3.8) is 0 Å². The third-order valence-electron chi connectivity index (χ3n) is 4.71. The second-order valence-corrected chi connectivity index (χ2v) is 7.48. The van der Waals surface area contributed by atoms with Crippen LogP contribution in [0.15, 0.2) is 24.5 Å². The number of aryl methyl sites for hydroxylation is 3. The number of nitrogens with one attached hydrogen (secondary N) is 1. The van der Waals surface area contributed by atoms with E-state index in [4.69, 9.17) is 5.11 Å². The minimum Gasteiger partial charge on any atom is -0.395 e. The van der Waals surface area contributed by atoms with Gasteiger partial charge in [0, 0.05) is 17.0 Å². The number of benzene rings is 1. The standard InChI is InChI=1S/C19H21N3OS/c1-12-16(15-7-6-13-4-2-3-5-14(13)10-15)17-18(20-8-9-23)21-11-22-19(17)24-12/h6-7,10-11,23H,2-5,8-9H2,1H3,(H,20,21,22). The van der Waals surface area contributed by atoms with Crippen LogP contribution in [0.1, 0.15) is 28.8 Å². The molecule has 24 heavy (non-hydrogen) atoms. The number of aliphatic hydroxyl groups is 1. The van der Waals surface area contributed by atoms with Crippen molar-refractivity contribution in [3.05, 3.63) is 40.5 Å². The van der Waals surface area contributed by atoms with Gasteiger partial charge in [0.15, 0.2) is 0 Å². The molecule has 0 saturated carbocycles. The van der Waals surface area contributed by atoms with E-state index in [1.807, 2.05) is 0 Å². The highest BCUT2D eigenvalue weighted by Crippen LogP contribution is 2.41. The fraction of sp³-hybridized carbons (Fsp3) is 0.368. The number of aromatic nitrogens is 2. The van der Waals surface area contributed by atoms with Crippen LogP contribution in [0.5, 0.6) is 0 Å². The summed E-state index contributed by atoms with van der Waals surface area (Å²) >= 11 is 1.70. The summed E-state index contributed by atoms with van der Waals surface area (Å²) in [5.41, 5.74) is 5.46. The zero-order valence-electron chi connectivity index (χ0n) is 13.8. The van der Waals surface area contributed by atoms with Gasteiger partial charge in [-0.25, -0.2) is 9.97 Å². The molecule has 4 rings (SSSR count). The van der Waals surface area contributed by atoms with Gasteiger partial charge < -0.3 is 10.4 Å². The van der Waals surface area contributed by atoms with Crippen molar-refractivity contribution in [1.82, 2.24) is 9.97 Å². The first-order valence-electron chi connectivity index (χ1n) is 8.49. The Hall–Kier alpha value is -1.98. The molecular weight excluding hydrogens is 318 g/mol. The van der Waals surface area contributed by atoms with E-state index in [1.165, 1.54) is 52.8 Å². The highest BCUT2D eigenvalue weighted by atomic mass is 32.1. The Balaban J connectivity index is 1.88. The maximum absolute atomic E-state index is 9.12. The van der Waals surface area contributed by atoms with Crippen LogP contribution in [0.3, 0.4) is 0 Å². The van der Waals surface area contributed by atoms with Crippen LogP contribution in [0, 0.1) is 6.92 Å². The van der Waals surface area contributed by atoms with Crippen molar-refractivity contribution in [2.75, 3.05) is 18.5 Å². The Morgan fingerprint density at radius 2 is 2.00 bits per heavy atom. The Kier molecular flexibility index (Phi) is 4.21. The molecule has 1 aromatic carbocycles. The van der Waals surface area contributed by atoms with Crippen molar-refractivity contribution in [2.24, 2.45) is 0 Å².